The largest absolute Gasteiger partial charge is 0.459 e. The van der Waals surface area contributed by atoms with Crippen LogP contribution in [-0.4, -0.2) is 24.9 Å². The van der Waals surface area contributed by atoms with Crippen molar-refractivity contribution >= 4 is 35.6 Å². The van der Waals surface area contributed by atoms with Crippen molar-refractivity contribution in [1.82, 2.24) is 5.32 Å². The molecule has 24 heavy (non-hydrogen) atoms. The molecule has 0 radical (unpaired) electrons. The predicted octanol–water partition coefficient (Wildman–Crippen LogP) is 2.89. The summed E-state index contributed by atoms with van der Waals surface area (Å²) in [6, 6.07) is 10.3. The minimum atomic E-state index is -0.305. The summed E-state index contributed by atoms with van der Waals surface area (Å²) < 4.78 is 5.04. The fourth-order valence-electron chi connectivity index (χ4n) is 2.56. The molecule has 0 bridgehead atoms. The number of rotatable bonds is 4. The Morgan fingerprint density at radius 1 is 1.08 bits per heavy atom. The fourth-order valence-corrected chi connectivity index (χ4v) is 2.56. The van der Waals surface area contributed by atoms with Crippen LogP contribution in [-0.2, 0) is 4.79 Å². The first kappa shape index (κ1) is 18.0. The second-order valence-corrected chi connectivity index (χ2v) is 5.54. The number of nitrogens with one attached hydrogen (secondary N) is 3. The van der Waals surface area contributed by atoms with Crippen molar-refractivity contribution in [2.45, 2.75) is 12.8 Å². The molecule has 3 rings (SSSR count). The van der Waals surface area contributed by atoms with Crippen LogP contribution >= 0.6 is 12.4 Å². The smallest absolute Gasteiger partial charge is 0.291 e. The number of furan rings is 1. The summed E-state index contributed by atoms with van der Waals surface area (Å²) in [4.78, 5) is 24.0. The number of halogens is 1. The highest BCUT2D eigenvalue weighted by atomic mass is 35.5. The number of hydrogen-bond acceptors (Lipinski definition) is 4. The number of carbonyl (C=O) groups excluding carboxylic acids is 2. The van der Waals surface area contributed by atoms with Crippen molar-refractivity contribution in [3.8, 4) is 0 Å². The van der Waals surface area contributed by atoms with Crippen LogP contribution in [0.2, 0.25) is 0 Å². The van der Waals surface area contributed by atoms with Crippen LogP contribution in [0.1, 0.15) is 23.4 Å². The van der Waals surface area contributed by atoms with E-state index in [1.165, 1.54) is 6.26 Å². The summed E-state index contributed by atoms with van der Waals surface area (Å²) in [6.07, 6.45) is 3.39. The Balaban J connectivity index is 0.00000208. The van der Waals surface area contributed by atoms with Crippen LogP contribution in [0.5, 0.6) is 0 Å². The van der Waals surface area contributed by atoms with Crippen molar-refractivity contribution in [1.29, 1.82) is 0 Å². The van der Waals surface area contributed by atoms with Gasteiger partial charge in [0.2, 0.25) is 5.91 Å². The first-order valence-electron chi connectivity index (χ1n) is 7.69. The molecule has 0 saturated carbocycles. The Hall–Kier alpha value is -2.31. The van der Waals surface area contributed by atoms with E-state index in [9.17, 15) is 9.59 Å². The third-order valence-corrected chi connectivity index (χ3v) is 3.82. The maximum Gasteiger partial charge on any atom is 0.291 e. The molecule has 1 fully saturated rings. The van der Waals surface area contributed by atoms with Crippen molar-refractivity contribution in [2.75, 3.05) is 23.7 Å². The Morgan fingerprint density at radius 2 is 1.79 bits per heavy atom. The zero-order valence-corrected chi connectivity index (χ0v) is 13.9. The van der Waals surface area contributed by atoms with Gasteiger partial charge in [0.05, 0.1) is 12.2 Å². The van der Waals surface area contributed by atoms with Gasteiger partial charge in [-0.25, -0.2) is 0 Å². The van der Waals surface area contributed by atoms with Crippen LogP contribution < -0.4 is 16.0 Å². The molecule has 1 atom stereocenters. The molecule has 1 aliphatic heterocycles. The molecule has 1 aromatic carbocycles. The number of anilines is 2. The molecule has 2 amide bonds. The standard InChI is InChI=1S/C17H19N3O3.ClH/c21-16(12-3-1-9-18-11-12)19-13-5-7-14(8-6-13)20-17(22)15-4-2-10-23-15;/h2,4-8,10,12,18H,1,3,9,11H2,(H,19,21)(H,20,22);1H. The minimum Gasteiger partial charge on any atom is -0.459 e. The van der Waals surface area contributed by atoms with Crippen molar-refractivity contribution in [2.24, 2.45) is 5.92 Å². The summed E-state index contributed by atoms with van der Waals surface area (Å²) in [5.41, 5.74) is 1.36. The van der Waals surface area contributed by atoms with Gasteiger partial charge in [0.15, 0.2) is 5.76 Å². The van der Waals surface area contributed by atoms with Crippen LogP contribution in [0.15, 0.2) is 47.1 Å². The van der Waals surface area contributed by atoms with E-state index in [0.29, 0.717) is 5.69 Å². The molecular weight excluding hydrogens is 330 g/mol. The van der Waals surface area contributed by atoms with E-state index >= 15 is 0 Å². The molecule has 1 aliphatic rings. The minimum absolute atomic E-state index is 0. The second-order valence-electron chi connectivity index (χ2n) is 5.54. The third kappa shape index (κ3) is 4.59. The number of piperidine rings is 1. The fraction of sp³-hybridized carbons (Fsp3) is 0.294. The Labute approximate surface area is 146 Å². The van der Waals surface area contributed by atoms with E-state index in [-0.39, 0.29) is 35.9 Å². The summed E-state index contributed by atoms with van der Waals surface area (Å²) in [5, 5.41) is 8.87. The van der Waals surface area contributed by atoms with E-state index in [1.807, 2.05) is 0 Å². The van der Waals surface area contributed by atoms with Crippen LogP contribution in [0.25, 0.3) is 0 Å². The molecule has 1 saturated heterocycles. The lowest BCUT2D eigenvalue weighted by Crippen LogP contribution is -2.37. The van der Waals surface area contributed by atoms with Crippen molar-refractivity contribution in [3.05, 3.63) is 48.4 Å². The van der Waals surface area contributed by atoms with Gasteiger partial charge in [0, 0.05) is 17.9 Å². The topological polar surface area (TPSA) is 83.4 Å². The second kappa shape index (κ2) is 8.52. The molecule has 3 N–H and O–H groups in total. The SMILES string of the molecule is Cl.O=C(Nc1ccc(NC(=O)C2CCCNC2)cc1)c1ccco1. The number of benzene rings is 1. The van der Waals surface area contributed by atoms with Gasteiger partial charge >= 0.3 is 0 Å². The average molecular weight is 350 g/mol. The van der Waals surface area contributed by atoms with Crippen molar-refractivity contribution < 1.29 is 14.0 Å². The lowest BCUT2D eigenvalue weighted by atomic mass is 9.99. The molecule has 0 aliphatic carbocycles. The zero-order chi connectivity index (χ0) is 16.1. The van der Waals surface area contributed by atoms with Gasteiger partial charge in [-0.3, -0.25) is 9.59 Å². The maximum absolute atomic E-state index is 12.2. The lowest BCUT2D eigenvalue weighted by Gasteiger charge is -2.21. The van der Waals surface area contributed by atoms with Gasteiger partial charge in [-0.2, -0.15) is 0 Å². The Bertz CT molecular complexity index is 665. The quantitative estimate of drug-likeness (QED) is 0.792. The van der Waals surface area contributed by atoms with Gasteiger partial charge in [0.1, 0.15) is 0 Å². The van der Waals surface area contributed by atoms with E-state index in [1.54, 1.807) is 36.4 Å². The van der Waals surface area contributed by atoms with Crippen molar-refractivity contribution in [3.63, 3.8) is 0 Å². The number of carbonyl (C=O) groups is 2. The van der Waals surface area contributed by atoms with Crippen LogP contribution in [0, 0.1) is 5.92 Å². The zero-order valence-electron chi connectivity index (χ0n) is 13.1. The van der Waals surface area contributed by atoms with Gasteiger partial charge in [-0.15, -0.1) is 12.4 Å². The summed E-state index contributed by atoms with van der Waals surface area (Å²) in [6.45, 7) is 1.71. The normalized spacial score (nSPS) is 16.8. The summed E-state index contributed by atoms with van der Waals surface area (Å²) in [7, 11) is 0. The molecular formula is C17H20ClN3O3. The van der Waals surface area contributed by atoms with Gasteiger partial charge in [-0.1, -0.05) is 0 Å². The highest BCUT2D eigenvalue weighted by Crippen LogP contribution is 2.17. The van der Waals surface area contributed by atoms with E-state index in [0.717, 1.165) is 31.6 Å². The van der Waals surface area contributed by atoms with E-state index < -0.39 is 0 Å². The molecule has 7 heteroatoms. The highest BCUT2D eigenvalue weighted by molar-refractivity contribution is 6.02. The predicted molar refractivity (Wildman–Crippen MR) is 94.6 cm³/mol. The Kier molecular flexibility index (Phi) is 6.40. The first-order valence-corrected chi connectivity index (χ1v) is 7.69. The molecule has 0 spiro atoms. The molecule has 2 heterocycles. The third-order valence-electron chi connectivity index (χ3n) is 3.82. The molecule has 1 aromatic heterocycles. The molecule has 6 nitrogen and oxygen atoms in total. The monoisotopic (exact) mass is 349 g/mol. The summed E-state index contributed by atoms with van der Waals surface area (Å²) in [5.74, 6) is -0.00102. The van der Waals surface area contributed by atoms with Crippen LogP contribution in [0.4, 0.5) is 11.4 Å². The number of amides is 2. The average Bonchev–Trinajstić information content (AvgIpc) is 3.12. The Morgan fingerprint density at radius 3 is 2.38 bits per heavy atom. The van der Waals surface area contributed by atoms with E-state index in [2.05, 4.69) is 16.0 Å². The highest BCUT2D eigenvalue weighted by Gasteiger charge is 2.20. The van der Waals surface area contributed by atoms with Gasteiger partial charge < -0.3 is 20.4 Å². The van der Waals surface area contributed by atoms with Gasteiger partial charge in [-0.05, 0) is 55.8 Å². The van der Waals surface area contributed by atoms with Gasteiger partial charge in [0.25, 0.3) is 5.91 Å². The first-order chi connectivity index (χ1) is 11.2. The van der Waals surface area contributed by atoms with E-state index in [4.69, 9.17) is 4.42 Å². The molecule has 2 aromatic rings. The molecule has 128 valence electrons. The van der Waals surface area contributed by atoms with Crippen LogP contribution in [0.3, 0.4) is 0 Å². The summed E-state index contributed by atoms with van der Waals surface area (Å²) >= 11 is 0. The number of hydrogen-bond donors (Lipinski definition) is 3. The lowest BCUT2D eigenvalue weighted by molar-refractivity contribution is -0.120. The maximum atomic E-state index is 12.2. The molecule has 1 unspecified atom stereocenters.